The number of hydrogen-bond donors (Lipinski definition) is 2. The predicted molar refractivity (Wildman–Crippen MR) is 52.2 cm³/mol. The van der Waals surface area contributed by atoms with Gasteiger partial charge in [-0.15, -0.1) is 0 Å². The average molecular weight is 217 g/mol. The van der Waals surface area contributed by atoms with Gasteiger partial charge < -0.3 is 19.9 Å². The van der Waals surface area contributed by atoms with Crippen molar-refractivity contribution in [2.75, 3.05) is 20.8 Å². The molecule has 6 heteroatoms. The van der Waals surface area contributed by atoms with Crippen LogP contribution in [0.5, 0.6) is 0 Å². The Balaban J connectivity index is 4.07. The normalized spacial score (nSPS) is 11.6. The van der Waals surface area contributed by atoms with Crippen LogP contribution in [0.3, 0.4) is 0 Å². The van der Waals surface area contributed by atoms with Crippen LogP contribution in [0, 0.1) is 0 Å². The Hall–Kier alpha value is -1.40. The SMILES string of the molecule is COC(CNC(C)=CC(=O)C(=O)O)OC. The van der Waals surface area contributed by atoms with Crippen molar-refractivity contribution in [1.29, 1.82) is 0 Å². The van der Waals surface area contributed by atoms with Gasteiger partial charge in [0.1, 0.15) is 0 Å². The largest absolute Gasteiger partial charge is 0.475 e. The maximum absolute atomic E-state index is 10.8. The Morgan fingerprint density at radius 3 is 2.33 bits per heavy atom. The van der Waals surface area contributed by atoms with Gasteiger partial charge in [-0.05, 0) is 6.92 Å². The van der Waals surface area contributed by atoms with Crippen LogP contribution in [0.1, 0.15) is 6.92 Å². The summed E-state index contributed by atoms with van der Waals surface area (Å²) in [4.78, 5) is 21.0. The molecule has 0 heterocycles. The highest BCUT2D eigenvalue weighted by Crippen LogP contribution is 1.92. The van der Waals surface area contributed by atoms with E-state index >= 15 is 0 Å². The monoisotopic (exact) mass is 217 g/mol. The van der Waals surface area contributed by atoms with E-state index in [-0.39, 0.29) is 0 Å². The third-order valence-electron chi connectivity index (χ3n) is 1.63. The molecule has 0 radical (unpaired) electrons. The topological polar surface area (TPSA) is 84.9 Å². The molecule has 0 fully saturated rings. The molecule has 0 aliphatic carbocycles. The smallest absolute Gasteiger partial charge is 0.376 e. The second kappa shape index (κ2) is 6.97. The van der Waals surface area contributed by atoms with Gasteiger partial charge >= 0.3 is 5.97 Å². The molecule has 0 rings (SSSR count). The molecule has 0 spiro atoms. The minimum absolute atomic E-state index is 0.336. The zero-order valence-electron chi connectivity index (χ0n) is 8.94. The van der Waals surface area contributed by atoms with E-state index in [1.165, 1.54) is 14.2 Å². The van der Waals surface area contributed by atoms with Crippen LogP contribution in [0.15, 0.2) is 11.8 Å². The number of rotatable bonds is 7. The minimum atomic E-state index is -1.48. The molecule has 15 heavy (non-hydrogen) atoms. The van der Waals surface area contributed by atoms with Crippen molar-refractivity contribution in [1.82, 2.24) is 5.32 Å². The maximum atomic E-state index is 10.8. The van der Waals surface area contributed by atoms with Gasteiger partial charge in [0.2, 0.25) is 0 Å². The molecule has 86 valence electrons. The Morgan fingerprint density at radius 1 is 1.40 bits per heavy atom. The first-order chi connectivity index (χ1) is 7.01. The number of carbonyl (C=O) groups is 2. The Bertz CT molecular complexity index is 257. The van der Waals surface area contributed by atoms with Gasteiger partial charge in [-0.2, -0.15) is 0 Å². The molecule has 0 unspecified atom stereocenters. The van der Waals surface area contributed by atoms with E-state index in [1.54, 1.807) is 6.92 Å². The summed E-state index contributed by atoms with van der Waals surface area (Å²) in [5, 5.41) is 11.1. The van der Waals surface area contributed by atoms with Crippen LogP contribution in [0.4, 0.5) is 0 Å². The number of ketones is 1. The summed E-state index contributed by atoms with van der Waals surface area (Å²) in [5.74, 6) is -2.45. The maximum Gasteiger partial charge on any atom is 0.376 e. The van der Waals surface area contributed by atoms with Crippen molar-refractivity contribution in [3.05, 3.63) is 11.8 Å². The van der Waals surface area contributed by atoms with E-state index < -0.39 is 18.0 Å². The summed E-state index contributed by atoms with van der Waals surface area (Å²) in [7, 11) is 2.97. The van der Waals surface area contributed by atoms with E-state index in [2.05, 4.69) is 5.32 Å². The molecule has 0 bridgehead atoms. The van der Waals surface area contributed by atoms with E-state index in [1.807, 2.05) is 0 Å². The molecule has 0 amide bonds. The lowest BCUT2D eigenvalue weighted by molar-refractivity contribution is -0.146. The molecule has 0 aromatic carbocycles. The number of carboxylic acid groups (broad SMARTS) is 1. The standard InChI is InChI=1S/C9H15NO5/c1-6(4-7(11)9(12)13)10-5-8(14-2)15-3/h4,8,10H,5H2,1-3H3,(H,12,13). The number of allylic oxidation sites excluding steroid dienone is 1. The fourth-order valence-corrected chi connectivity index (χ4v) is 0.817. The zero-order chi connectivity index (χ0) is 11.8. The van der Waals surface area contributed by atoms with Crippen molar-refractivity contribution in [2.45, 2.75) is 13.2 Å². The van der Waals surface area contributed by atoms with Crippen molar-refractivity contribution in [2.24, 2.45) is 0 Å². The van der Waals surface area contributed by atoms with Crippen LogP contribution < -0.4 is 5.32 Å². The van der Waals surface area contributed by atoms with Gasteiger partial charge in [0, 0.05) is 26.0 Å². The van der Waals surface area contributed by atoms with E-state index in [9.17, 15) is 9.59 Å². The second-order valence-corrected chi connectivity index (χ2v) is 2.78. The molecule has 0 saturated carbocycles. The highest BCUT2D eigenvalue weighted by atomic mass is 16.7. The highest BCUT2D eigenvalue weighted by Gasteiger charge is 2.09. The summed E-state index contributed by atoms with van der Waals surface area (Å²) in [6.07, 6.45) is 0.568. The van der Waals surface area contributed by atoms with Crippen LogP contribution >= 0.6 is 0 Å². The Kier molecular flexibility index (Phi) is 6.32. The van der Waals surface area contributed by atoms with Crippen molar-refractivity contribution in [3.63, 3.8) is 0 Å². The fourth-order valence-electron chi connectivity index (χ4n) is 0.817. The van der Waals surface area contributed by atoms with Crippen LogP contribution in [0.25, 0.3) is 0 Å². The van der Waals surface area contributed by atoms with Gasteiger partial charge in [0.05, 0.1) is 6.54 Å². The van der Waals surface area contributed by atoms with Gasteiger partial charge in [-0.3, -0.25) is 4.79 Å². The molecule has 0 aliphatic heterocycles. The number of carbonyl (C=O) groups excluding carboxylic acids is 1. The molecule has 0 saturated heterocycles. The number of nitrogens with one attached hydrogen (secondary N) is 1. The lowest BCUT2D eigenvalue weighted by atomic mass is 10.3. The van der Waals surface area contributed by atoms with Gasteiger partial charge in [0.25, 0.3) is 5.78 Å². The summed E-state index contributed by atoms with van der Waals surface area (Å²) >= 11 is 0. The third-order valence-corrected chi connectivity index (χ3v) is 1.63. The first kappa shape index (κ1) is 13.6. The molecule has 0 aromatic heterocycles. The first-order valence-corrected chi connectivity index (χ1v) is 4.26. The van der Waals surface area contributed by atoms with Crippen LogP contribution in [0.2, 0.25) is 0 Å². The summed E-state index contributed by atoms with van der Waals surface area (Å²) in [6, 6.07) is 0. The van der Waals surface area contributed by atoms with Gasteiger partial charge in [-0.1, -0.05) is 0 Å². The van der Waals surface area contributed by atoms with Crippen LogP contribution in [-0.4, -0.2) is 43.9 Å². The lowest BCUT2D eigenvalue weighted by Crippen LogP contribution is -2.29. The lowest BCUT2D eigenvalue weighted by Gasteiger charge is -2.14. The third kappa shape index (κ3) is 5.82. The minimum Gasteiger partial charge on any atom is -0.475 e. The number of ether oxygens (including phenoxy) is 2. The Labute approximate surface area is 87.9 Å². The second-order valence-electron chi connectivity index (χ2n) is 2.78. The van der Waals surface area contributed by atoms with Crippen molar-refractivity contribution >= 4 is 11.8 Å². The van der Waals surface area contributed by atoms with Gasteiger partial charge in [-0.25, -0.2) is 4.79 Å². The number of aliphatic carboxylic acids is 1. The molecule has 0 atom stereocenters. The summed E-state index contributed by atoms with van der Waals surface area (Å²) in [5.41, 5.74) is 0.446. The van der Waals surface area contributed by atoms with E-state index in [0.29, 0.717) is 12.2 Å². The molecule has 0 aliphatic rings. The van der Waals surface area contributed by atoms with Crippen LogP contribution in [-0.2, 0) is 19.1 Å². The number of methoxy groups -OCH3 is 2. The molecular formula is C9H15NO5. The van der Waals surface area contributed by atoms with Gasteiger partial charge in [0.15, 0.2) is 6.29 Å². The zero-order valence-corrected chi connectivity index (χ0v) is 8.94. The van der Waals surface area contributed by atoms with Crippen molar-refractivity contribution < 1.29 is 24.2 Å². The summed E-state index contributed by atoms with van der Waals surface area (Å²) in [6.45, 7) is 1.92. The molecule has 6 nitrogen and oxygen atoms in total. The molecule has 2 N–H and O–H groups in total. The Morgan fingerprint density at radius 2 is 1.93 bits per heavy atom. The first-order valence-electron chi connectivity index (χ1n) is 4.26. The predicted octanol–water partition coefficient (Wildman–Crippen LogP) is -0.248. The molecular weight excluding hydrogens is 202 g/mol. The quantitative estimate of drug-likeness (QED) is 0.347. The number of hydrogen-bond acceptors (Lipinski definition) is 5. The summed E-state index contributed by atoms with van der Waals surface area (Å²) < 4.78 is 9.78. The van der Waals surface area contributed by atoms with E-state index in [4.69, 9.17) is 14.6 Å². The van der Waals surface area contributed by atoms with E-state index in [0.717, 1.165) is 6.08 Å². The fraction of sp³-hybridized carbons (Fsp3) is 0.556. The molecule has 0 aromatic rings. The average Bonchev–Trinajstić information content (AvgIpc) is 2.19. The van der Waals surface area contributed by atoms with Crippen molar-refractivity contribution in [3.8, 4) is 0 Å². The number of carboxylic acids is 1. The highest BCUT2D eigenvalue weighted by molar-refractivity contribution is 6.37.